The van der Waals surface area contributed by atoms with Gasteiger partial charge in [0.1, 0.15) is 11.6 Å². The number of benzene rings is 3. The number of hydrogen-bond acceptors (Lipinski definition) is 4. The summed E-state index contributed by atoms with van der Waals surface area (Å²) >= 11 is 0. The Labute approximate surface area is 187 Å². The zero-order valence-electron chi connectivity index (χ0n) is 17.1. The highest BCUT2D eigenvalue weighted by molar-refractivity contribution is 7.92. The molecule has 1 amide bonds. The Kier molecular flexibility index (Phi) is 6.92. The van der Waals surface area contributed by atoms with E-state index < -0.39 is 40.1 Å². The Morgan fingerprint density at radius 3 is 2.15 bits per heavy atom. The van der Waals surface area contributed by atoms with Crippen LogP contribution >= 0.6 is 0 Å². The molecule has 6 nitrogen and oxygen atoms in total. The first-order chi connectivity index (χ1) is 15.4. The van der Waals surface area contributed by atoms with Crippen LogP contribution < -0.4 is 14.8 Å². The van der Waals surface area contributed by atoms with E-state index in [2.05, 4.69) is 10.0 Å². The van der Waals surface area contributed by atoms with Crippen molar-refractivity contribution < 1.29 is 35.5 Å². The van der Waals surface area contributed by atoms with Crippen molar-refractivity contribution in [1.82, 2.24) is 0 Å². The van der Waals surface area contributed by atoms with Gasteiger partial charge in [0.05, 0.1) is 10.5 Å². The molecule has 0 fully saturated rings. The predicted molar refractivity (Wildman–Crippen MR) is 114 cm³/mol. The Balaban J connectivity index is 1.59. The summed E-state index contributed by atoms with van der Waals surface area (Å²) in [6.45, 7) is 1.31. The Morgan fingerprint density at radius 2 is 1.55 bits per heavy atom. The van der Waals surface area contributed by atoms with Crippen molar-refractivity contribution in [3.8, 4) is 5.75 Å². The van der Waals surface area contributed by atoms with E-state index in [-0.39, 0.29) is 16.3 Å². The van der Waals surface area contributed by atoms with Gasteiger partial charge in [0.25, 0.3) is 15.9 Å². The molecule has 0 aliphatic carbocycles. The van der Waals surface area contributed by atoms with Gasteiger partial charge >= 0.3 is 6.18 Å². The highest BCUT2D eigenvalue weighted by Gasteiger charge is 2.34. The van der Waals surface area contributed by atoms with Crippen molar-refractivity contribution in [1.29, 1.82) is 0 Å². The van der Waals surface area contributed by atoms with Gasteiger partial charge < -0.3 is 10.1 Å². The molecular weight excluding hydrogens is 464 g/mol. The average Bonchev–Trinajstić information content (AvgIpc) is 2.75. The number of alkyl halides is 3. The first-order valence-electron chi connectivity index (χ1n) is 9.43. The summed E-state index contributed by atoms with van der Waals surface area (Å²) in [6.07, 6.45) is -4.91. The highest BCUT2D eigenvalue weighted by Crippen LogP contribution is 2.33. The van der Waals surface area contributed by atoms with Crippen molar-refractivity contribution in [2.45, 2.75) is 18.0 Å². The number of rotatable bonds is 7. The van der Waals surface area contributed by atoms with Crippen molar-refractivity contribution in [2.75, 3.05) is 16.6 Å². The third kappa shape index (κ3) is 6.45. The molecule has 3 rings (SSSR count). The molecule has 0 radical (unpaired) electrons. The third-order valence-electron chi connectivity index (χ3n) is 4.36. The summed E-state index contributed by atoms with van der Waals surface area (Å²) in [4.78, 5) is 11.9. The molecule has 2 N–H and O–H groups in total. The smallest absolute Gasteiger partial charge is 0.419 e. The lowest BCUT2D eigenvalue weighted by atomic mass is 10.2. The van der Waals surface area contributed by atoms with Crippen LogP contribution in [0.25, 0.3) is 0 Å². The maximum absolute atomic E-state index is 13.3. The lowest BCUT2D eigenvalue weighted by Gasteiger charge is -2.12. The molecule has 0 aliphatic rings. The minimum atomic E-state index is -4.91. The Bertz CT molecular complexity index is 1240. The van der Waals surface area contributed by atoms with Crippen LogP contribution in [0.4, 0.5) is 28.9 Å². The topological polar surface area (TPSA) is 84.5 Å². The van der Waals surface area contributed by atoms with Crippen LogP contribution in [0.3, 0.4) is 0 Å². The van der Waals surface area contributed by atoms with Crippen molar-refractivity contribution >= 4 is 27.3 Å². The van der Waals surface area contributed by atoms with Crippen LogP contribution in [0.15, 0.2) is 71.6 Å². The van der Waals surface area contributed by atoms with Crippen LogP contribution in [0.5, 0.6) is 5.75 Å². The summed E-state index contributed by atoms with van der Waals surface area (Å²) < 4.78 is 84.2. The van der Waals surface area contributed by atoms with Crippen LogP contribution in [-0.4, -0.2) is 20.9 Å². The number of amides is 1. The van der Waals surface area contributed by atoms with Gasteiger partial charge in [0, 0.05) is 11.4 Å². The van der Waals surface area contributed by atoms with Crippen molar-refractivity contribution in [2.24, 2.45) is 0 Å². The summed E-state index contributed by atoms with van der Waals surface area (Å²) in [6, 6.07) is 14.1. The van der Waals surface area contributed by atoms with Gasteiger partial charge in [-0.25, -0.2) is 12.8 Å². The fraction of sp³-hybridized carbons (Fsp3) is 0.136. The minimum Gasteiger partial charge on any atom is -0.484 e. The van der Waals surface area contributed by atoms with E-state index >= 15 is 0 Å². The number of anilines is 2. The molecule has 11 heteroatoms. The summed E-state index contributed by atoms with van der Waals surface area (Å²) in [5.74, 6) is -2.08. The van der Waals surface area contributed by atoms with Gasteiger partial charge in [0.15, 0.2) is 6.61 Å². The number of sulfonamides is 1. The van der Waals surface area contributed by atoms with Gasteiger partial charge in [-0.3, -0.25) is 9.52 Å². The first-order valence-corrected chi connectivity index (χ1v) is 10.9. The molecule has 0 aliphatic heterocycles. The van der Waals surface area contributed by atoms with E-state index in [1.807, 2.05) is 6.92 Å². The van der Waals surface area contributed by atoms with Gasteiger partial charge in [0.2, 0.25) is 0 Å². The van der Waals surface area contributed by atoms with E-state index in [1.54, 1.807) is 24.3 Å². The average molecular weight is 482 g/mol. The fourth-order valence-corrected chi connectivity index (χ4v) is 3.78. The van der Waals surface area contributed by atoms with E-state index in [4.69, 9.17) is 4.74 Å². The predicted octanol–water partition coefficient (Wildman–Crippen LogP) is 4.97. The number of aryl methyl sites for hydroxylation is 1. The maximum atomic E-state index is 13.3. The quantitative estimate of drug-likeness (QED) is 0.466. The zero-order valence-corrected chi connectivity index (χ0v) is 17.9. The number of halogens is 4. The molecule has 0 saturated heterocycles. The molecule has 0 saturated carbocycles. The third-order valence-corrected chi connectivity index (χ3v) is 5.76. The molecule has 0 aromatic heterocycles. The molecule has 0 heterocycles. The second kappa shape index (κ2) is 9.49. The first kappa shape index (κ1) is 24.1. The molecule has 3 aromatic rings. The number of hydrogen-bond donors (Lipinski definition) is 2. The lowest BCUT2D eigenvalue weighted by molar-refractivity contribution is -0.140. The van der Waals surface area contributed by atoms with Crippen LogP contribution in [0, 0.1) is 12.7 Å². The fourth-order valence-electron chi connectivity index (χ4n) is 2.72. The van der Waals surface area contributed by atoms with Gasteiger partial charge in [-0.2, -0.15) is 13.2 Å². The van der Waals surface area contributed by atoms with Gasteiger partial charge in [-0.1, -0.05) is 17.7 Å². The van der Waals surface area contributed by atoms with E-state index in [9.17, 15) is 30.8 Å². The molecule has 0 unspecified atom stereocenters. The van der Waals surface area contributed by atoms with Crippen LogP contribution in [0.1, 0.15) is 11.1 Å². The summed E-state index contributed by atoms with van der Waals surface area (Å²) in [5.41, 5.74) is -0.381. The number of nitrogens with one attached hydrogen (secondary N) is 2. The summed E-state index contributed by atoms with van der Waals surface area (Å²) in [5, 5.41) is 2.18. The minimum absolute atomic E-state index is 0.0362. The van der Waals surface area contributed by atoms with E-state index in [1.165, 1.54) is 24.3 Å². The Hall–Kier alpha value is -3.60. The van der Waals surface area contributed by atoms with Gasteiger partial charge in [-0.05, 0) is 61.5 Å². The number of ether oxygens (including phenoxy) is 1. The molecular formula is C22H18F4N2O4S. The normalized spacial score (nSPS) is 11.7. The number of carbonyl (C=O) groups is 1. The monoisotopic (exact) mass is 482 g/mol. The molecule has 33 heavy (non-hydrogen) atoms. The Morgan fingerprint density at radius 1 is 0.939 bits per heavy atom. The largest absolute Gasteiger partial charge is 0.484 e. The SMILES string of the molecule is Cc1ccc(NS(=O)(=O)c2ccc(OCC(=O)Nc3ccc(F)c(C(F)(F)F)c3)cc2)cc1. The van der Waals surface area contributed by atoms with Crippen molar-refractivity contribution in [3.05, 3.63) is 83.7 Å². The molecule has 0 bridgehead atoms. The van der Waals surface area contributed by atoms with Gasteiger partial charge in [-0.15, -0.1) is 0 Å². The second-order valence-electron chi connectivity index (χ2n) is 6.97. The lowest BCUT2D eigenvalue weighted by Crippen LogP contribution is -2.21. The molecule has 0 atom stereocenters. The molecule has 0 spiro atoms. The van der Waals surface area contributed by atoms with Crippen molar-refractivity contribution in [3.63, 3.8) is 0 Å². The number of carbonyl (C=O) groups excluding carboxylic acids is 1. The zero-order chi connectivity index (χ0) is 24.2. The van der Waals surface area contributed by atoms with Crippen LogP contribution in [0.2, 0.25) is 0 Å². The standard InChI is InChI=1S/C22H18F4N2O4S/c1-14-2-4-15(5-3-14)28-33(30,31)18-9-7-17(8-10-18)32-13-21(29)27-16-6-11-20(23)19(12-16)22(24,25)26/h2-12,28H,13H2,1H3,(H,27,29). The van der Waals surface area contributed by atoms with E-state index in [0.29, 0.717) is 17.8 Å². The molecule has 3 aromatic carbocycles. The maximum Gasteiger partial charge on any atom is 0.419 e. The summed E-state index contributed by atoms with van der Waals surface area (Å²) in [7, 11) is -3.84. The van der Waals surface area contributed by atoms with Crippen LogP contribution in [-0.2, 0) is 21.0 Å². The molecule has 174 valence electrons. The van der Waals surface area contributed by atoms with E-state index in [0.717, 1.165) is 11.6 Å². The highest BCUT2D eigenvalue weighted by atomic mass is 32.2. The second-order valence-corrected chi connectivity index (χ2v) is 8.65.